The van der Waals surface area contributed by atoms with Gasteiger partial charge in [-0.15, -0.1) is 0 Å². The first-order valence-electron chi connectivity index (χ1n) is 8.18. The number of hydrogen-bond donors (Lipinski definition) is 3. The Morgan fingerprint density at radius 2 is 1.96 bits per heavy atom. The summed E-state index contributed by atoms with van der Waals surface area (Å²) < 4.78 is 1.88. The predicted molar refractivity (Wildman–Crippen MR) is 98.5 cm³/mol. The van der Waals surface area contributed by atoms with Crippen LogP contribution in [0.3, 0.4) is 0 Å². The van der Waals surface area contributed by atoms with E-state index in [1.807, 2.05) is 50.6 Å². The molecule has 3 N–H and O–H groups in total. The molecule has 0 aliphatic rings. The van der Waals surface area contributed by atoms with E-state index in [4.69, 9.17) is 0 Å². The summed E-state index contributed by atoms with van der Waals surface area (Å²) in [4.78, 5) is 28.1. The molecule has 25 heavy (non-hydrogen) atoms. The van der Waals surface area contributed by atoms with Crippen LogP contribution in [0, 0.1) is 12.3 Å². The van der Waals surface area contributed by atoms with E-state index in [1.54, 1.807) is 18.6 Å². The van der Waals surface area contributed by atoms with Crippen LogP contribution in [0.2, 0.25) is 0 Å². The lowest BCUT2D eigenvalue weighted by Gasteiger charge is -2.18. The van der Waals surface area contributed by atoms with Gasteiger partial charge < -0.3 is 20.5 Å². The molecule has 0 fully saturated rings. The van der Waals surface area contributed by atoms with Crippen LogP contribution < -0.4 is 16.0 Å². The smallest absolute Gasteiger partial charge is 0.319 e. The van der Waals surface area contributed by atoms with Crippen molar-refractivity contribution < 1.29 is 9.59 Å². The number of hydrogen-bond acceptors (Lipinski definition) is 3. The molecule has 0 atom stereocenters. The maximum absolute atomic E-state index is 12.1. The molecule has 134 valence electrons. The average Bonchev–Trinajstić information content (AvgIpc) is 3.03. The van der Waals surface area contributed by atoms with E-state index < -0.39 is 5.41 Å². The Balaban J connectivity index is 1.92. The van der Waals surface area contributed by atoms with Crippen LogP contribution in [-0.4, -0.2) is 28.0 Å². The average molecular weight is 343 g/mol. The van der Waals surface area contributed by atoms with Crippen LogP contribution in [0.5, 0.6) is 0 Å². The molecule has 7 heteroatoms. The summed E-state index contributed by atoms with van der Waals surface area (Å²) in [6.45, 7) is 8.59. The molecule has 0 aliphatic heterocycles. The molecule has 0 saturated carbocycles. The molecule has 0 spiro atoms. The topological polar surface area (TPSA) is 88.0 Å². The van der Waals surface area contributed by atoms with Gasteiger partial charge in [-0.1, -0.05) is 26.8 Å². The summed E-state index contributed by atoms with van der Waals surface area (Å²) in [5.41, 5.74) is 1.74. The molecule has 0 aliphatic carbocycles. The van der Waals surface area contributed by atoms with Gasteiger partial charge in [-0.3, -0.25) is 4.79 Å². The van der Waals surface area contributed by atoms with Gasteiger partial charge >= 0.3 is 6.03 Å². The van der Waals surface area contributed by atoms with Gasteiger partial charge in [0.15, 0.2) is 0 Å². The highest BCUT2D eigenvalue weighted by atomic mass is 16.2. The Morgan fingerprint density at radius 3 is 2.60 bits per heavy atom. The Bertz CT molecular complexity index is 732. The molecule has 0 unspecified atom stereocenters. The van der Waals surface area contributed by atoms with Gasteiger partial charge in [0.2, 0.25) is 5.91 Å². The van der Waals surface area contributed by atoms with Crippen molar-refractivity contribution in [2.24, 2.45) is 5.41 Å². The molecule has 1 heterocycles. The van der Waals surface area contributed by atoms with Gasteiger partial charge in [0.05, 0.1) is 6.33 Å². The van der Waals surface area contributed by atoms with Gasteiger partial charge in [0.25, 0.3) is 0 Å². The zero-order valence-electron chi connectivity index (χ0n) is 15.1. The number of aromatic nitrogens is 2. The van der Waals surface area contributed by atoms with E-state index in [1.165, 1.54) is 0 Å². The van der Waals surface area contributed by atoms with Crippen molar-refractivity contribution in [2.45, 2.75) is 34.2 Å². The number of aryl methyl sites for hydroxylation is 1. The maximum atomic E-state index is 12.1. The number of imidazole rings is 1. The van der Waals surface area contributed by atoms with Gasteiger partial charge in [0, 0.05) is 42.3 Å². The summed E-state index contributed by atoms with van der Waals surface area (Å²) >= 11 is 0. The fourth-order valence-electron chi connectivity index (χ4n) is 2.04. The molecular formula is C18H25N5O2. The Labute approximate surface area is 147 Å². The summed E-state index contributed by atoms with van der Waals surface area (Å²) in [7, 11) is 0. The number of nitrogens with one attached hydrogen (secondary N) is 3. The number of urea groups is 1. The first-order valence-corrected chi connectivity index (χ1v) is 8.18. The van der Waals surface area contributed by atoms with Crippen molar-refractivity contribution in [1.82, 2.24) is 14.9 Å². The van der Waals surface area contributed by atoms with Crippen molar-refractivity contribution in [2.75, 3.05) is 17.2 Å². The molecule has 0 bridgehead atoms. The van der Waals surface area contributed by atoms with Gasteiger partial charge in [-0.05, 0) is 24.6 Å². The minimum Gasteiger partial charge on any atom is -0.336 e. The predicted octanol–water partition coefficient (Wildman–Crippen LogP) is 3.00. The van der Waals surface area contributed by atoms with E-state index in [0.717, 1.165) is 5.56 Å². The first kappa shape index (κ1) is 18.5. The van der Waals surface area contributed by atoms with E-state index in [-0.39, 0.29) is 11.9 Å². The molecule has 1 aromatic heterocycles. The molecule has 0 radical (unpaired) electrons. The number of amides is 3. The number of nitrogens with zero attached hydrogens (tertiary/aromatic N) is 2. The Kier molecular flexibility index (Phi) is 5.80. The SMILES string of the molecule is Cc1ccc(NC(=O)C(C)(C)C)cc1NC(=O)NCCn1ccnc1. The van der Waals surface area contributed by atoms with E-state index in [9.17, 15) is 9.59 Å². The van der Waals surface area contributed by atoms with Gasteiger partial charge in [-0.25, -0.2) is 9.78 Å². The van der Waals surface area contributed by atoms with Crippen molar-refractivity contribution >= 4 is 23.3 Å². The van der Waals surface area contributed by atoms with Crippen molar-refractivity contribution in [3.8, 4) is 0 Å². The summed E-state index contributed by atoms with van der Waals surface area (Å²) in [6, 6.07) is 5.15. The molecule has 0 saturated heterocycles. The third-order valence-corrected chi connectivity index (χ3v) is 3.64. The molecule has 1 aromatic carbocycles. The second-order valence-electron chi connectivity index (χ2n) is 6.92. The monoisotopic (exact) mass is 343 g/mol. The van der Waals surface area contributed by atoms with Crippen LogP contribution in [0.25, 0.3) is 0 Å². The molecular weight excluding hydrogens is 318 g/mol. The molecule has 7 nitrogen and oxygen atoms in total. The lowest BCUT2D eigenvalue weighted by Crippen LogP contribution is -2.31. The van der Waals surface area contributed by atoms with Crippen molar-refractivity contribution in [3.63, 3.8) is 0 Å². The second-order valence-corrected chi connectivity index (χ2v) is 6.92. The van der Waals surface area contributed by atoms with Crippen LogP contribution in [0.4, 0.5) is 16.2 Å². The minimum atomic E-state index is -0.483. The van der Waals surface area contributed by atoms with E-state index in [2.05, 4.69) is 20.9 Å². The largest absolute Gasteiger partial charge is 0.336 e. The zero-order valence-corrected chi connectivity index (χ0v) is 15.1. The second kappa shape index (κ2) is 7.83. The van der Waals surface area contributed by atoms with E-state index in [0.29, 0.717) is 24.5 Å². The number of carbonyl (C=O) groups excluding carboxylic acids is 2. The fraction of sp³-hybridized carbons (Fsp3) is 0.389. The van der Waals surface area contributed by atoms with E-state index >= 15 is 0 Å². The summed E-state index contributed by atoms with van der Waals surface area (Å²) in [6.07, 6.45) is 5.23. The Morgan fingerprint density at radius 1 is 1.20 bits per heavy atom. The number of anilines is 2. The minimum absolute atomic E-state index is 0.0768. The molecule has 2 aromatic rings. The highest BCUT2D eigenvalue weighted by Gasteiger charge is 2.21. The van der Waals surface area contributed by atoms with Crippen LogP contribution in [0.15, 0.2) is 36.9 Å². The Hall–Kier alpha value is -2.83. The van der Waals surface area contributed by atoms with Gasteiger partial charge in [-0.2, -0.15) is 0 Å². The lowest BCUT2D eigenvalue weighted by atomic mass is 9.95. The summed E-state index contributed by atoms with van der Waals surface area (Å²) in [5.74, 6) is -0.0768. The van der Waals surface area contributed by atoms with Gasteiger partial charge in [0.1, 0.15) is 0 Å². The van der Waals surface area contributed by atoms with Crippen LogP contribution >= 0.6 is 0 Å². The lowest BCUT2D eigenvalue weighted by molar-refractivity contribution is -0.123. The van der Waals surface area contributed by atoms with Crippen molar-refractivity contribution in [3.05, 3.63) is 42.5 Å². The zero-order chi connectivity index (χ0) is 18.4. The quantitative estimate of drug-likeness (QED) is 0.780. The summed E-state index contributed by atoms with van der Waals surface area (Å²) in [5, 5.41) is 8.48. The number of rotatable bonds is 5. The standard InChI is InChI=1S/C18H25N5O2/c1-13-5-6-14(21-16(24)18(2,3)4)11-15(13)22-17(25)20-8-10-23-9-7-19-12-23/h5-7,9,11-12H,8,10H2,1-4H3,(H,21,24)(H2,20,22,25). The third-order valence-electron chi connectivity index (χ3n) is 3.64. The maximum Gasteiger partial charge on any atom is 0.319 e. The number of carbonyl (C=O) groups is 2. The van der Waals surface area contributed by atoms with Crippen LogP contribution in [0.1, 0.15) is 26.3 Å². The molecule has 3 amide bonds. The van der Waals surface area contributed by atoms with Crippen molar-refractivity contribution in [1.29, 1.82) is 0 Å². The normalized spacial score (nSPS) is 11.0. The number of benzene rings is 1. The molecule has 2 rings (SSSR count). The third kappa shape index (κ3) is 5.63. The highest BCUT2D eigenvalue weighted by molar-refractivity contribution is 5.96. The fourth-order valence-corrected chi connectivity index (χ4v) is 2.04. The highest BCUT2D eigenvalue weighted by Crippen LogP contribution is 2.22. The first-order chi connectivity index (χ1) is 11.8. The van der Waals surface area contributed by atoms with Crippen LogP contribution in [-0.2, 0) is 11.3 Å².